The molecule has 2 aromatic rings. The lowest BCUT2D eigenvalue weighted by molar-refractivity contribution is 0.341. The molecule has 0 amide bonds. The van der Waals surface area contributed by atoms with E-state index in [0.29, 0.717) is 5.82 Å². The van der Waals surface area contributed by atoms with Crippen molar-refractivity contribution in [3.8, 4) is 0 Å². The third kappa shape index (κ3) is 3.15. The minimum atomic E-state index is -0.0892. The van der Waals surface area contributed by atoms with Crippen LogP contribution in [0, 0.1) is 0 Å². The predicted octanol–water partition coefficient (Wildman–Crippen LogP) is 2.02. The molecule has 0 bridgehead atoms. The van der Waals surface area contributed by atoms with Crippen LogP contribution >= 0.6 is 0 Å². The van der Waals surface area contributed by atoms with E-state index in [2.05, 4.69) is 48.5 Å². The summed E-state index contributed by atoms with van der Waals surface area (Å²) in [6.45, 7) is 4.38. The highest BCUT2D eigenvalue weighted by Crippen LogP contribution is 2.28. The van der Waals surface area contributed by atoms with E-state index in [1.54, 1.807) is 6.20 Å². The Hall–Kier alpha value is -1.91. The number of aromatic nitrogens is 1. The first-order chi connectivity index (χ1) is 9.54. The molecule has 0 aliphatic carbocycles. The van der Waals surface area contributed by atoms with Crippen LogP contribution in [-0.2, 0) is 11.8 Å². The third-order valence-electron chi connectivity index (χ3n) is 3.88. The van der Waals surface area contributed by atoms with Gasteiger partial charge in [0, 0.05) is 17.7 Å². The zero-order valence-electron chi connectivity index (χ0n) is 12.0. The van der Waals surface area contributed by atoms with Gasteiger partial charge >= 0.3 is 0 Å². The number of hydrazine groups is 1. The van der Waals surface area contributed by atoms with Gasteiger partial charge in [-0.15, -0.1) is 0 Å². The highest BCUT2D eigenvalue weighted by molar-refractivity contribution is 5.33. The second-order valence-electron chi connectivity index (χ2n) is 5.60. The molecule has 0 saturated heterocycles. The smallest absolute Gasteiger partial charge is 0.123 e. The predicted molar refractivity (Wildman–Crippen MR) is 82.9 cm³/mol. The summed E-state index contributed by atoms with van der Waals surface area (Å²) in [6, 6.07) is 14.4. The quantitative estimate of drug-likeness (QED) is 0.574. The number of anilines is 1. The molecule has 4 nitrogen and oxygen atoms in total. The third-order valence-corrected chi connectivity index (χ3v) is 3.88. The van der Waals surface area contributed by atoms with Crippen molar-refractivity contribution in [3.05, 3.63) is 59.8 Å². The van der Waals surface area contributed by atoms with E-state index >= 15 is 0 Å². The Morgan fingerprint density at radius 1 is 1.20 bits per heavy atom. The second-order valence-corrected chi connectivity index (χ2v) is 5.60. The summed E-state index contributed by atoms with van der Waals surface area (Å²) in [6.07, 6.45) is 2.53. The molecule has 1 atom stereocenters. The van der Waals surface area contributed by atoms with Crippen molar-refractivity contribution in [2.45, 2.75) is 31.7 Å². The first-order valence-corrected chi connectivity index (χ1v) is 6.76. The lowest BCUT2D eigenvalue weighted by atomic mass is 9.76. The minimum Gasteiger partial charge on any atom is -0.384 e. The number of nitrogen functional groups attached to an aromatic ring is 1. The van der Waals surface area contributed by atoms with E-state index in [9.17, 15) is 0 Å². The van der Waals surface area contributed by atoms with E-state index in [4.69, 9.17) is 11.6 Å². The van der Waals surface area contributed by atoms with Crippen molar-refractivity contribution in [2.24, 2.45) is 5.84 Å². The maximum atomic E-state index is 5.79. The van der Waals surface area contributed by atoms with Crippen LogP contribution in [0.5, 0.6) is 0 Å². The van der Waals surface area contributed by atoms with Gasteiger partial charge in [0.1, 0.15) is 5.82 Å². The average Bonchev–Trinajstić information content (AvgIpc) is 2.45. The molecule has 0 aliphatic rings. The summed E-state index contributed by atoms with van der Waals surface area (Å²) >= 11 is 0. The van der Waals surface area contributed by atoms with Crippen molar-refractivity contribution >= 4 is 5.82 Å². The Kier molecular flexibility index (Phi) is 4.37. The van der Waals surface area contributed by atoms with Gasteiger partial charge in [-0.3, -0.25) is 11.3 Å². The van der Waals surface area contributed by atoms with Crippen LogP contribution in [-0.4, -0.2) is 11.0 Å². The first-order valence-electron chi connectivity index (χ1n) is 6.76. The zero-order chi connectivity index (χ0) is 14.6. The van der Waals surface area contributed by atoms with E-state index in [1.165, 1.54) is 5.56 Å². The highest BCUT2D eigenvalue weighted by atomic mass is 15.2. The Morgan fingerprint density at radius 3 is 2.50 bits per heavy atom. The number of pyridine rings is 1. The molecule has 1 aromatic heterocycles. The monoisotopic (exact) mass is 270 g/mol. The van der Waals surface area contributed by atoms with Gasteiger partial charge in [-0.25, -0.2) is 4.98 Å². The first kappa shape index (κ1) is 14.5. The lowest BCUT2D eigenvalue weighted by Gasteiger charge is -2.34. The fourth-order valence-electron chi connectivity index (χ4n) is 2.45. The maximum Gasteiger partial charge on any atom is 0.123 e. The molecule has 20 heavy (non-hydrogen) atoms. The zero-order valence-corrected chi connectivity index (χ0v) is 12.0. The van der Waals surface area contributed by atoms with Crippen LogP contribution in [0.3, 0.4) is 0 Å². The summed E-state index contributed by atoms with van der Waals surface area (Å²) in [5.41, 5.74) is 11.0. The van der Waals surface area contributed by atoms with Gasteiger partial charge in [0.15, 0.2) is 0 Å². The van der Waals surface area contributed by atoms with Gasteiger partial charge in [-0.2, -0.15) is 0 Å². The molecular formula is C16H22N4. The number of hydrogen-bond acceptors (Lipinski definition) is 4. The molecule has 0 saturated carbocycles. The molecule has 4 heteroatoms. The Balaban J connectivity index is 2.23. The van der Waals surface area contributed by atoms with Crippen LogP contribution in [0.25, 0.3) is 0 Å². The summed E-state index contributed by atoms with van der Waals surface area (Å²) in [7, 11) is 0. The van der Waals surface area contributed by atoms with Crippen LogP contribution in [0.1, 0.15) is 25.0 Å². The minimum absolute atomic E-state index is 0.0892. The molecule has 0 radical (unpaired) electrons. The highest BCUT2D eigenvalue weighted by Gasteiger charge is 2.30. The van der Waals surface area contributed by atoms with Crippen molar-refractivity contribution < 1.29 is 0 Å². The van der Waals surface area contributed by atoms with Crippen LogP contribution in [0.4, 0.5) is 5.82 Å². The van der Waals surface area contributed by atoms with Crippen molar-refractivity contribution in [2.75, 3.05) is 5.73 Å². The fourth-order valence-corrected chi connectivity index (χ4v) is 2.45. The molecule has 1 heterocycles. The molecule has 0 aliphatic heterocycles. The number of benzene rings is 1. The van der Waals surface area contributed by atoms with E-state index < -0.39 is 0 Å². The molecular weight excluding hydrogens is 248 g/mol. The van der Waals surface area contributed by atoms with E-state index in [1.807, 2.05) is 18.2 Å². The van der Waals surface area contributed by atoms with Crippen LogP contribution in [0.15, 0.2) is 48.7 Å². The Labute approximate surface area is 120 Å². The average molecular weight is 270 g/mol. The number of nitrogens with one attached hydrogen (secondary N) is 1. The molecule has 0 fully saturated rings. The Morgan fingerprint density at radius 2 is 1.90 bits per heavy atom. The van der Waals surface area contributed by atoms with Crippen molar-refractivity contribution in [3.63, 3.8) is 0 Å². The molecule has 1 aromatic carbocycles. The van der Waals surface area contributed by atoms with Gasteiger partial charge in [-0.1, -0.05) is 44.2 Å². The van der Waals surface area contributed by atoms with E-state index in [-0.39, 0.29) is 11.5 Å². The summed E-state index contributed by atoms with van der Waals surface area (Å²) in [5, 5.41) is 0. The lowest BCUT2D eigenvalue weighted by Crippen LogP contribution is -2.49. The van der Waals surface area contributed by atoms with Crippen molar-refractivity contribution in [1.29, 1.82) is 0 Å². The molecule has 106 valence electrons. The topological polar surface area (TPSA) is 77.0 Å². The fraction of sp³-hybridized carbons (Fsp3) is 0.312. The van der Waals surface area contributed by atoms with Crippen LogP contribution < -0.4 is 17.0 Å². The van der Waals surface area contributed by atoms with Gasteiger partial charge in [0.2, 0.25) is 0 Å². The summed E-state index contributed by atoms with van der Waals surface area (Å²) in [5.74, 6) is 6.32. The van der Waals surface area contributed by atoms with Crippen molar-refractivity contribution in [1.82, 2.24) is 10.4 Å². The van der Waals surface area contributed by atoms with Gasteiger partial charge in [-0.05, 0) is 29.7 Å². The number of rotatable bonds is 5. The molecule has 1 unspecified atom stereocenters. The van der Waals surface area contributed by atoms with E-state index in [0.717, 1.165) is 12.0 Å². The molecule has 2 rings (SSSR count). The van der Waals surface area contributed by atoms with Gasteiger partial charge in [0.25, 0.3) is 0 Å². The van der Waals surface area contributed by atoms with Gasteiger partial charge in [0.05, 0.1) is 0 Å². The summed E-state index contributed by atoms with van der Waals surface area (Å²) in [4.78, 5) is 4.02. The largest absolute Gasteiger partial charge is 0.384 e. The second kappa shape index (κ2) is 6.03. The SMILES string of the molecule is CC(C)(c1ccccc1)C(Cc1ccnc(N)c1)NN. The standard InChI is InChI=1S/C16H22N4/c1-16(2,13-6-4-3-5-7-13)14(20-18)10-12-8-9-19-15(17)11-12/h3-9,11,14,20H,10,18H2,1-2H3,(H2,17,19). The maximum absolute atomic E-state index is 5.79. The normalized spacial score (nSPS) is 13.2. The number of nitrogens with zero attached hydrogens (tertiary/aromatic N) is 1. The number of nitrogens with two attached hydrogens (primary N) is 2. The van der Waals surface area contributed by atoms with Gasteiger partial charge < -0.3 is 5.73 Å². The molecule has 0 spiro atoms. The summed E-state index contributed by atoms with van der Waals surface area (Å²) < 4.78 is 0. The number of hydrogen-bond donors (Lipinski definition) is 3. The Bertz CT molecular complexity index is 551. The molecule has 5 N–H and O–H groups in total. The van der Waals surface area contributed by atoms with Crippen LogP contribution in [0.2, 0.25) is 0 Å².